The number of fused-ring (bicyclic) bond motifs is 2. The second kappa shape index (κ2) is 8.07. The van der Waals surface area contributed by atoms with Gasteiger partial charge in [-0.2, -0.15) is 0 Å². The van der Waals surface area contributed by atoms with Gasteiger partial charge in [-0.25, -0.2) is 4.98 Å². The molecule has 0 N–H and O–H groups in total. The number of carbonyl (C=O) groups excluding carboxylic acids is 1. The van der Waals surface area contributed by atoms with Gasteiger partial charge in [0.15, 0.2) is 17.6 Å². The minimum Gasteiger partial charge on any atom is -0.486 e. The summed E-state index contributed by atoms with van der Waals surface area (Å²) in [5, 5.41) is 0.810. The maximum absolute atomic E-state index is 13.4. The van der Waals surface area contributed by atoms with E-state index in [9.17, 15) is 4.79 Å². The fourth-order valence-corrected chi connectivity index (χ4v) is 3.74. The number of ether oxygens (including phenoxy) is 2. The SMILES string of the molecule is CN(CC1COc2ccccc2O1)C(=O)c1cc(-c2ccccn2)nc2ccccc12. The van der Waals surface area contributed by atoms with Crippen LogP contribution >= 0.6 is 0 Å². The van der Waals surface area contributed by atoms with Crippen LogP contribution in [0.25, 0.3) is 22.3 Å². The Bertz CT molecular complexity index is 1240. The van der Waals surface area contributed by atoms with E-state index in [1.807, 2.05) is 72.8 Å². The molecule has 4 aromatic rings. The summed E-state index contributed by atoms with van der Waals surface area (Å²) in [5.41, 5.74) is 2.74. The van der Waals surface area contributed by atoms with E-state index in [0.717, 1.165) is 22.3 Å². The average Bonchev–Trinajstić information content (AvgIpc) is 2.83. The minimum absolute atomic E-state index is 0.0989. The molecule has 0 radical (unpaired) electrons. The Labute approximate surface area is 180 Å². The normalized spacial score (nSPS) is 14.9. The molecule has 6 nitrogen and oxygen atoms in total. The molecule has 0 saturated carbocycles. The van der Waals surface area contributed by atoms with E-state index in [4.69, 9.17) is 14.5 Å². The number of likely N-dealkylation sites (N-methyl/N-ethyl adjacent to an activating group) is 1. The third-order valence-corrected chi connectivity index (χ3v) is 5.27. The second-order valence-corrected chi connectivity index (χ2v) is 7.47. The Hall–Kier alpha value is -3.93. The average molecular weight is 411 g/mol. The first-order valence-electron chi connectivity index (χ1n) is 10.1. The lowest BCUT2D eigenvalue weighted by molar-refractivity contribution is 0.0522. The molecule has 154 valence electrons. The smallest absolute Gasteiger partial charge is 0.254 e. The molecule has 0 spiro atoms. The van der Waals surface area contributed by atoms with Crippen LogP contribution in [0, 0.1) is 0 Å². The van der Waals surface area contributed by atoms with Crippen LogP contribution in [0.3, 0.4) is 0 Å². The van der Waals surface area contributed by atoms with Gasteiger partial charge in [-0.3, -0.25) is 9.78 Å². The molecule has 2 aromatic heterocycles. The Kier molecular flexibility index (Phi) is 4.96. The number of nitrogens with zero attached hydrogens (tertiary/aromatic N) is 3. The molecule has 0 bridgehead atoms. The number of amides is 1. The molecule has 0 saturated heterocycles. The van der Waals surface area contributed by atoms with Gasteiger partial charge in [-0.1, -0.05) is 36.4 Å². The maximum atomic E-state index is 13.4. The van der Waals surface area contributed by atoms with Crippen molar-refractivity contribution in [2.24, 2.45) is 0 Å². The van der Waals surface area contributed by atoms with Crippen molar-refractivity contribution in [1.82, 2.24) is 14.9 Å². The number of carbonyl (C=O) groups is 1. The first-order valence-corrected chi connectivity index (χ1v) is 10.1. The summed E-state index contributed by atoms with van der Waals surface area (Å²) < 4.78 is 11.8. The molecule has 1 aliphatic heterocycles. The van der Waals surface area contributed by atoms with Crippen molar-refractivity contribution in [1.29, 1.82) is 0 Å². The van der Waals surface area contributed by atoms with Crippen molar-refractivity contribution in [3.8, 4) is 22.9 Å². The predicted molar refractivity (Wildman–Crippen MR) is 118 cm³/mol. The lowest BCUT2D eigenvalue weighted by Gasteiger charge is -2.29. The number of rotatable bonds is 4. The van der Waals surface area contributed by atoms with Crippen LogP contribution in [0.15, 0.2) is 79.0 Å². The number of para-hydroxylation sites is 3. The van der Waals surface area contributed by atoms with Gasteiger partial charge in [0.1, 0.15) is 6.61 Å². The van der Waals surface area contributed by atoms with Gasteiger partial charge < -0.3 is 14.4 Å². The lowest BCUT2D eigenvalue weighted by atomic mass is 10.0. The summed E-state index contributed by atoms with van der Waals surface area (Å²) in [7, 11) is 1.78. The third-order valence-electron chi connectivity index (χ3n) is 5.27. The summed E-state index contributed by atoms with van der Waals surface area (Å²) >= 11 is 0. The monoisotopic (exact) mass is 411 g/mol. The number of benzene rings is 2. The zero-order chi connectivity index (χ0) is 21.2. The molecular weight excluding hydrogens is 390 g/mol. The van der Waals surface area contributed by atoms with E-state index < -0.39 is 0 Å². The van der Waals surface area contributed by atoms with Crippen LogP contribution in [0.4, 0.5) is 0 Å². The van der Waals surface area contributed by atoms with Crippen molar-refractivity contribution in [3.05, 3.63) is 84.6 Å². The molecule has 0 fully saturated rings. The van der Waals surface area contributed by atoms with Crippen molar-refractivity contribution >= 4 is 16.8 Å². The fraction of sp³-hybridized carbons (Fsp3) is 0.160. The second-order valence-electron chi connectivity index (χ2n) is 7.47. The molecule has 1 atom stereocenters. The van der Waals surface area contributed by atoms with Crippen LogP contribution in [-0.2, 0) is 0 Å². The summed E-state index contributed by atoms with van der Waals surface area (Å²) in [5.74, 6) is 1.33. The van der Waals surface area contributed by atoms with Crippen molar-refractivity contribution in [2.75, 3.05) is 20.2 Å². The van der Waals surface area contributed by atoms with Crippen LogP contribution in [-0.4, -0.2) is 47.1 Å². The maximum Gasteiger partial charge on any atom is 0.254 e. The molecule has 0 aliphatic carbocycles. The molecule has 31 heavy (non-hydrogen) atoms. The highest BCUT2D eigenvalue weighted by molar-refractivity contribution is 6.07. The van der Waals surface area contributed by atoms with Gasteiger partial charge in [0.05, 0.1) is 29.0 Å². The standard InChI is InChI=1S/C25H21N3O3/c1-28(15-17-16-30-23-11-4-5-12-24(23)31-17)25(29)19-14-22(21-10-6-7-13-26-21)27-20-9-3-2-8-18(19)20/h2-14,17H,15-16H2,1H3. The van der Waals surface area contributed by atoms with Crippen LogP contribution in [0.5, 0.6) is 11.5 Å². The summed E-state index contributed by atoms with van der Waals surface area (Å²) in [6.45, 7) is 0.799. The highest BCUT2D eigenvalue weighted by Gasteiger charge is 2.25. The zero-order valence-corrected chi connectivity index (χ0v) is 17.1. The van der Waals surface area contributed by atoms with E-state index in [0.29, 0.717) is 30.2 Å². The largest absolute Gasteiger partial charge is 0.486 e. The van der Waals surface area contributed by atoms with E-state index >= 15 is 0 Å². The Balaban J connectivity index is 1.44. The van der Waals surface area contributed by atoms with Gasteiger partial charge >= 0.3 is 0 Å². The molecule has 1 aliphatic rings. The van der Waals surface area contributed by atoms with E-state index in [2.05, 4.69) is 4.98 Å². The molecule has 1 unspecified atom stereocenters. The summed E-state index contributed by atoms with van der Waals surface area (Å²) in [6, 6.07) is 22.7. The van der Waals surface area contributed by atoms with Gasteiger partial charge in [0.2, 0.25) is 0 Å². The van der Waals surface area contributed by atoms with E-state index in [-0.39, 0.29) is 12.0 Å². The Morgan fingerprint density at radius 1 is 1.00 bits per heavy atom. The Morgan fingerprint density at radius 2 is 1.77 bits per heavy atom. The molecular formula is C25H21N3O3. The van der Waals surface area contributed by atoms with Gasteiger partial charge in [0, 0.05) is 18.6 Å². The van der Waals surface area contributed by atoms with Crippen molar-refractivity contribution in [2.45, 2.75) is 6.10 Å². The molecule has 1 amide bonds. The quantitative estimate of drug-likeness (QED) is 0.503. The van der Waals surface area contributed by atoms with E-state index in [1.54, 1.807) is 18.1 Å². The first kappa shape index (κ1) is 19.1. The van der Waals surface area contributed by atoms with Crippen LogP contribution < -0.4 is 9.47 Å². The van der Waals surface area contributed by atoms with Crippen LogP contribution in [0.2, 0.25) is 0 Å². The first-order chi connectivity index (χ1) is 15.2. The number of hydrogen-bond donors (Lipinski definition) is 0. The molecule has 2 aromatic carbocycles. The van der Waals surface area contributed by atoms with Crippen molar-refractivity contribution in [3.63, 3.8) is 0 Å². The van der Waals surface area contributed by atoms with Crippen LogP contribution in [0.1, 0.15) is 10.4 Å². The highest BCUT2D eigenvalue weighted by Crippen LogP contribution is 2.31. The van der Waals surface area contributed by atoms with Gasteiger partial charge in [-0.05, 0) is 36.4 Å². The number of hydrogen-bond acceptors (Lipinski definition) is 5. The number of pyridine rings is 2. The highest BCUT2D eigenvalue weighted by atomic mass is 16.6. The third kappa shape index (κ3) is 3.80. The summed E-state index contributed by atoms with van der Waals surface area (Å²) in [4.78, 5) is 24.2. The number of aromatic nitrogens is 2. The molecule has 5 rings (SSSR count). The lowest BCUT2D eigenvalue weighted by Crippen LogP contribution is -2.41. The molecule has 3 heterocycles. The molecule has 6 heteroatoms. The fourth-order valence-electron chi connectivity index (χ4n) is 3.74. The summed E-state index contributed by atoms with van der Waals surface area (Å²) in [6.07, 6.45) is 1.48. The zero-order valence-electron chi connectivity index (χ0n) is 17.1. The van der Waals surface area contributed by atoms with Crippen molar-refractivity contribution < 1.29 is 14.3 Å². The predicted octanol–water partition coefficient (Wildman–Crippen LogP) is 4.21. The van der Waals surface area contributed by atoms with Gasteiger partial charge in [-0.15, -0.1) is 0 Å². The Morgan fingerprint density at radius 3 is 2.61 bits per heavy atom. The van der Waals surface area contributed by atoms with Gasteiger partial charge in [0.25, 0.3) is 5.91 Å². The van der Waals surface area contributed by atoms with E-state index in [1.165, 1.54) is 0 Å². The minimum atomic E-state index is -0.243. The topological polar surface area (TPSA) is 64.6 Å².